The molecule has 1 aliphatic heterocycles. The number of nitrogens with one attached hydrogen (secondary N) is 1. The van der Waals surface area contributed by atoms with Gasteiger partial charge in [0, 0.05) is 24.4 Å². The number of halogens is 2. The van der Waals surface area contributed by atoms with Crippen LogP contribution < -0.4 is 5.32 Å². The SMILES string of the molecule is CN(Cc1ccc(Br)s1)C(=O)CC1CCCN1.Cl. The average Bonchev–Trinajstić information content (AvgIpc) is 2.90. The Kier molecular flexibility index (Phi) is 6.63. The number of carbonyl (C=O) groups is 1. The van der Waals surface area contributed by atoms with Gasteiger partial charge in [0.1, 0.15) is 0 Å². The minimum absolute atomic E-state index is 0. The second kappa shape index (κ2) is 7.48. The lowest BCUT2D eigenvalue weighted by Crippen LogP contribution is -2.32. The Labute approximate surface area is 126 Å². The lowest BCUT2D eigenvalue weighted by Gasteiger charge is -2.18. The monoisotopic (exact) mass is 352 g/mol. The van der Waals surface area contributed by atoms with Gasteiger partial charge >= 0.3 is 0 Å². The van der Waals surface area contributed by atoms with E-state index < -0.39 is 0 Å². The molecular formula is C12H18BrClN2OS. The van der Waals surface area contributed by atoms with E-state index in [0.29, 0.717) is 19.0 Å². The molecule has 1 N–H and O–H groups in total. The smallest absolute Gasteiger partial charge is 0.224 e. The zero-order valence-corrected chi connectivity index (χ0v) is 13.5. The number of rotatable bonds is 4. The van der Waals surface area contributed by atoms with E-state index in [-0.39, 0.29) is 18.3 Å². The first-order valence-electron chi connectivity index (χ1n) is 5.86. The quantitative estimate of drug-likeness (QED) is 0.902. The van der Waals surface area contributed by atoms with Gasteiger partial charge in [0.25, 0.3) is 0 Å². The lowest BCUT2D eigenvalue weighted by molar-refractivity contribution is -0.130. The number of nitrogens with zero attached hydrogens (tertiary/aromatic N) is 1. The van der Waals surface area contributed by atoms with Crippen molar-refractivity contribution in [1.82, 2.24) is 10.2 Å². The van der Waals surface area contributed by atoms with Crippen molar-refractivity contribution in [2.24, 2.45) is 0 Å². The fraction of sp³-hybridized carbons (Fsp3) is 0.583. The Hall–Kier alpha value is -0.100. The van der Waals surface area contributed by atoms with Crippen LogP contribution in [0.25, 0.3) is 0 Å². The normalized spacial score (nSPS) is 18.4. The maximum atomic E-state index is 12.0. The lowest BCUT2D eigenvalue weighted by atomic mass is 10.1. The third-order valence-electron chi connectivity index (χ3n) is 3.03. The van der Waals surface area contributed by atoms with Gasteiger partial charge in [0.2, 0.25) is 5.91 Å². The Morgan fingerprint density at radius 2 is 2.39 bits per heavy atom. The summed E-state index contributed by atoms with van der Waals surface area (Å²) in [5.74, 6) is 0.230. The second-order valence-corrected chi connectivity index (χ2v) is 7.00. The number of thiophene rings is 1. The molecule has 0 aromatic carbocycles. The topological polar surface area (TPSA) is 32.3 Å². The van der Waals surface area contributed by atoms with Crippen LogP contribution in [0.4, 0.5) is 0 Å². The van der Waals surface area contributed by atoms with Crippen molar-refractivity contribution in [2.45, 2.75) is 31.8 Å². The summed E-state index contributed by atoms with van der Waals surface area (Å²) in [6, 6.07) is 4.48. The van der Waals surface area contributed by atoms with Crippen molar-refractivity contribution in [3.63, 3.8) is 0 Å². The minimum atomic E-state index is 0. The molecule has 1 atom stereocenters. The fourth-order valence-corrected chi connectivity index (χ4v) is 3.59. The molecule has 0 radical (unpaired) electrons. The van der Waals surface area contributed by atoms with Crippen LogP contribution in [0.3, 0.4) is 0 Å². The van der Waals surface area contributed by atoms with Gasteiger partial charge in [-0.3, -0.25) is 4.79 Å². The van der Waals surface area contributed by atoms with E-state index in [0.717, 1.165) is 16.8 Å². The Balaban J connectivity index is 0.00000162. The molecule has 1 unspecified atom stereocenters. The Bertz CT molecular complexity index is 393. The third kappa shape index (κ3) is 4.53. The van der Waals surface area contributed by atoms with Crippen molar-refractivity contribution < 1.29 is 4.79 Å². The molecule has 2 heterocycles. The Morgan fingerprint density at radius 3 is 2.94 bits per heavy atom. The molecule has 0 saturated carbocycles. The van der Waals surface area contributed by atoms with Crippen molar-refractivity contribution in [3.8, 4) is 0 Å². The first-order chi connectivity index (χ1) is 8.15. The van der Waals surface area contributed by atoms with Gasteiger partial charge in [-0.25, -0.2) is 0 Å². The van der Waals surface area contributed by atoms with E-state index in [9.17, 15) is 4.79 Å². The molecule has 3 nitrogen and oxygen atoms in total. The second-order valence-electron chi connectivity index (χ2n) is 4.45. The predicted octanol–water partition coefficient (Wildman–Crippen LogP) is 3.03. The van der Waals surface area contributed by atoms with E-state index in [1.165, 1.54) is 11.3 Å². The highest BCUT2D eigenvalue weighted by molar-refractivity contribution is 9.11. The van der Waals surface area contributed by atoms with Gasteiger partial charge < -0.3 is 10.2 Å². The number of hydrogen-bond donors (Lipinski definition) is 1. The summed E-state index contributed by atoms with van der Waals surface area (Å²) in [7, 11) is 1.88. The van der Waals surface area contributed by atoms with Crippen LogP contribution >= 0.6 is 39.7 Å². The van der Waals surface area contributed by atoms with E-state index in [1.54, 1.807) is 11.3 Å². The van der Waals surface area contributed by atoms with Crippen molar-refractivity contribution >= 4 is 45.6 Å². The third-order valence-corrected chi connectivity index (χ3v) is 4.64. The molecule has 1 amide bonds. The van der Waals surface area contributed by atoms with E-state index >= 15 is 0 Å². The van der Waals surface area contributed by atoms with Crippen molar-refractivity contribution in [1.29, 1.82) is 0 Å². The van der Waals surface area contributed by atoms with Crippen LogP contribution in [0.5, 0.6) is 0 Å². The van der Waals surface area contributed by atoms with Gasteiger partial charge in [0.15, 0.2) is 0 Å². The van der Waals surface area contributed by atoms with Crippen molar-refractivity contribution in [3.05, 3.63) is 20.8 Å². The molecule has 0 spiro atoms. The number of amides is 1. The summed E-state index contributed by atoms with van der Waals surface area (Å²) in [4.78, 5) is 15.0. The molecule has 1 saturated heterocycles. The van der Waals surface area contributed by atoms with Crippen LogP contribution in [0, 0.1) is 0 Å². The maximum Gasteiger partial charge on any atom is 0.224 e. The molecule has 0 aliphatic carbocycles. The van der Waals surface area contributed by atoms with Crippen molar-refractivity contribution in [2.75, 3.05) is 13.6 Å². The molecule has 1 aromatic rings. The molecule has 1 aliphatic rings. The molecule has 6 heteroatoms. The predicted molar refractivity (Wildman–Crippen MR) is 81.4 cm³/mol. The number of hydrogen-bond acceptors (Lipinski definition) is 3. The first-order valence-corrected chi connectivity index (χ1v) is 7.47. The highest BCUT2D eigenvalue weighted by Gasteiger charge is 2.20. The summed E-state index contributed by atoms with van der Waals surface area (Å²) >= 11 is 5.12. The largest absolute Gasteiger partial charge is 0.341 e. The van der Waals surface area contributed by atoms with E-state index in [2.05, 4.69) is 27.3 Å². The molecule has 102 valence electrons. The molecule has 2 rings (SSSR count). The number of carbonyl (C=O) groups excluding carboxylic acids is 1. The Morgan fingerprint density at radius 1 is 1.61 bits per heavy atom. The molecule has 1 fully saturated rings. The summed E-state index contributed by atoms with van der Waals surface area (Å²) in [5.41, 5.74) is 0. The van der Waals surface area contributed by atoms with E-state index in [1.807, 2.05) is 18.0 Å². The van der Waals surface area contributed by atoms with Gasteiger partial charge in [-0.05, 0) is 47.4 Å². The van der Waals surface area contributed by atoms with Crippen LogP contribution in [-0.2, 0) is 11.3 Å². The minimum Gasteiger partial charge on any atom is -0.341 e. The van der Waals surface area contributed by atoms with Crippen LogP contribution in [-0.4, -0.2) is 30.4 Å². The van der Waals surface area contributed by atoms with Crippen LogP contribution in [0.15, 0.2) is 15.9 Å². The zero-order chi connectivity index (χ0) is 12.3. The zero-order valence-electron chi connectivity index (χ0n) is 10.3. The van der Waals surface area contributed by atoms with Crippen LogP contribution in [0.1, 0.15) is 24.1 Å². The first kappa shape index (κ1) is 16.0. The molecular weight excluding hydrogens is 336 g/mol. The van der Waals surface area contributed by atoms with Gasteiger partial charge in [-0.1, -0.05) is 0 Å². The van der Waals surface area contributed by atoms with Gasteiger partial charge in [0.05, 0.1) is 10.3 Å². The van der Waals surface area contributed by atoms with E-state index in [4.69, 9.17) is 0 Å². The molecule has 18 heavy (non-hydrogen) atoms. The van der Waals surface area contributed by atoms with Gasteiger partial charge in [-0.2, -0.15) is 0 Å². The summed E-state index contributed by atoms with van der Waals surface area (Å²) < 4.78 is 1.12. The fourth-order valence-electron chi connectivity index (χ4n) is 2.06. The highest BCUT2D eigenvalue weighted by Crippen LogP contribution is 2.23. The van der Waals surface area contributed by atoms with Crippen LogP contribution in [0.2, 0.25) is 0 Å². The van der Waals surface area contributed by atoms with Gasteiger partial charge in [-0.15, -0.1) is 23.7 Å². The maximum absolute atomic E-state index is 12.0. The highest BCUT2D eigenvalue weighted by atomic mass is 79.9. The summed E-state index contributed by atoms with van der Waals surface area (Å²) in [6.07, 6.45) is 2.95. The average molecular weight is 354 g/mol. The standard InChI is InChI=1S/C12H17BrN2OS.ClH/c1-15(8-10-4-5-11(13)17-10)12(16)7-9-3-2-6-14-9;/h4-5,9,14H,2-3,6-8H2,1H3;1H. The summed E-state index contributed by atoms with van der Waals surface area (Å²) in [6.45, 7) is 1.77. The molecule has 0 bridgehead atoms. The molecule has 1 aromatic heterocycles. The summed E-state index contributed by atoms with van der Waals surface area (Å²) in [5, 5.41) is 3.36.